The van der Waals surface area contributed by atoms with Gasteiger partial charge in [-0.2, -0.15) is 0 Å². The topological polar surface area (TPSA) is 43.8 Å². The van der Waals surface area contributed by atoms with E-state index in [-0.39, 0.29) is 0 Å². The molecule has 3 nitrogen and oxygen atoms in total. The molecule has 2 N–H and O–H groups in total. The Labute approximate surface area is 128 Å². The Balaban J connectivity index is 1.96. The van der Waals surface area contributed by atoms with Crippen LogP contribution in [0, 0.1) is 13.8 Å². The normalized spacial score (nSPS) is 15.0. The van der Waals surface area contributed by atoms with Crippen molar-refractivity contribution in [2.75, 3.05) is 0 Å². The number of aryl methyl sites for hydroxylation is 2. The van der Waals surface area contributed by atoms with Crippen LogP contribution in [0.5, 0.6) is 0 Å². The van der Waals surface area contributed by atoms with Crippen molar-refractivity contribution >= 4 is 22.4 Å². The fraction of sp³-hybridized carbons (Fsp3) is 0.353. The van der Waals surface area contributed by atoms with Crippen LogP contribution < -0.4 is 5.73 Å². The van der Waals surface area contributed by atoms with E-state index in [1.807, 2.05) is 11.3 Å². The molecule has 4 heteroatoms. The van der Waals surface area contributed by atoms with Crippen LogP contribution in [0.3, 0.4) is 0 Å². The minimum Gasteiger partial charge on any atom is -0.326 e. The first-order valence-electron chi connectivity index (χ1n) is 7.45. The second kappa shape index (κ2) is 4.68. The maximum absolute atomic E-state index is 5.76. The molecule has 0 unspecified atom stereocenters. The molecule has 1 aliphatic rings. The summed E-state index contributed by atoms with van der Waals surface area (Å²) >= 11 is 1.84. The predicted octanol–water partition coefficient (Wildman–Crippen LogP) is 4.18. The first kappa shape index (κ1) is 13.0. The Hall–Kier alpha value is -1.65. The fourth-order valence-electron chi connectivity index (χ4n) is 2.83. The van der Waals surface area contributed by atoms with Crippen molar-refractivity contribution in [1.82, 2.24) is 9.55 Å². The molecular weight excluding hydrogens is 278 g/mol. The molecule has 4 rings (SSSR count). The lowest BCUT2D eigenvalue weighted by molar-refractivity contribution is 0.776. The quantitative estimate of drug-likeness (QED) is 0.788. The smallest absolute Gasteiger partial charge is 0.151 e. The molecule has 0 spiro atoms. The predicted molar refractivity (Wildman–Crippen MR) is 88.7 cm³/mol. The number of imidazole rings is 1. The maximum atomic E-state index is 5.76. The number of hydrogen-bond acceptors (Lipinski definition) is 3. The van der Waals surface area contributed by atoms with E-state index in [4.69, 9.17) is 10.7 Å². The van der Waals surface area contributed by atoms with E-state index >= 15 is 0 Å². The van der Waals surface area contributed by atoms with Gasteiger partial charge in [-0.05, 0) is 56.0 Å². The van der Waals surface area contributed by atoms with Gasteiger partial charge in [0.25, 0.3) is 0 Å². The van der Waals surface area contributed by atoms with Crippen LogP contribution in [0.2, 0.25) is 0 Å². The highest BCUT2D eigenvalue weighted by Gasteiger charge is 2.29. The Morgan fingerprint density at radius 2 is 2.10 bits per heavy atom. The molecular formula is C17H19N3S. The second-order valence-electron chi connectivity index (χ2n) is 5.91. The molecule has 1 fully saturated rings. The molecule has 0 bridgehead atoms. The third-order valence-electron chi connectivity index (χ3n) is 4.29. The molecule has 0 radical (unpaired) electrons. The zero-order chi connectivity index (χ0) is 14.6. The van der Waals surface area contributed by atoms with Crippen molar-refractivity contribution in [2.24, 2.45) is 5.73 Å². The molecule has 1 saturated carbocycles. The highest BCUT2D eigenvalue weighted by atomic mass is 32.1. The highest BCUT2D eigenvalue weighted by molar-refractivity contribution is 7.15. The van der Waals surface area contributed by atoms with E-state index in [1.165, 1.54) is 33.7 Å². The van der Waals surface area contributed by atoms with Gasteiger partial charge in [0.2, 0.25) is 0 Å². The number of nitrogens with two attached hydrogens (primary N) is 1. The van der Waals surface area contributed by atoms with Gasteiger partial charge in [-0.1, -0.05) is 6.07 Å². The third kappa shape index (κ3) is 2.10. The minimum atomic E-state index is 0.568. The van der Waals surface area contributed by atoms with E-state index in [1.54, 1.807) is 0 Å². The summed E-state index contributed by atoms with van der Waals surface area (Å²) in [5.41, 5.74) is 10.6. The Morgan fingerprint density at radius 1 is 1.29 bits per heavy atom. The van der Waals surface area contributed by atoms with Crippen molar-refractivity contribution in [3.63, 3.8) is 0 Å². The highest BCUT2D eigenvalue weighted by Crippen LogP contribution is 2.43. The Kier molecular flexibility index (Phi) is 2.91. The van der Waals surface area contributed by atoms with Gasteiger partial charge < -0.3 is 10.3 Å². The van der Waals surface area contributed by atoms with Crippen LogP contribution in [-0.2, 0) is 6.54 Å². The average Bonchev–Trinajstić information content (AvgIpc) is 3.17. The summed E-state index contributed by atoms with van der Waals surface area (Å²) in [5.74, 6) is 1.13. The van der Waals surface area contributed by atoms with Crippen LogP contribution >= 0.6 is 11.3 Å². The molecule has 108 valence electrons. The third-order valence-corrected chi connectivity index (χ3v) is 5.44. The van der Waals surface area contributed by atoms with Crippen LogP contribution in [-0.4, -0.2) is 9.55 Å². The summed E-state index contributed by atoms with van der Waals surface area (Å²) in [4.78, 5) is 7.58. The van der Waals surface area contributed by atoms with E-state index < -0.39 is 0 Å². The summed E-state index contributed by atoms with van der Waals surface area (Å²) in [7, 11) is 0. The first-order valence-corrected chi connectivity index (χ1v) is 8.27. The van der Waals surface area contributed by atoms with Crippen LogP contribution in [0.15, 0.2) is 24.3 Å². The Morgan fingerprint density at radius 3 is 2.71 bits per heavy atom. The van der Waals surface area contributed by atoms with Gasteiger partial charge in [0.1, 0.15) is 0 Å². The van der Waals surface area contributed by atoms with E-state index in [0.717, 1.165) is 16.9 Å². The largest absolute Gasteiger partial charge is 0.326 e. The lowest BCUT2D eigenvalue weighted by Gasteiger charge is -2.06. The number of rotatable bonds is 3. The van der Waals surface area contributed by atoms with E-state index in [2.05, 4.69) is 42.7 Å². The molecule has 0 aliphatic heterocycles. The van der Waals surface area contributed by atoms with Crippen molar-refractivity contribution in [3.8, 4) is 10.7 Å². The van der Waals surface area contributed by atoms with Crippen LogP contribution in [0.4, 0.5) is 0 Å². The number of thiophene rings is 1. The van der Waals surface area contributed by atoms with Crippen LogP contribution in [0.25, 0.3) is 21.7 Å². The number of hydrogen-bond donors (Lipinski definition) is 1. The van der Waals surface area contributed by atoms with Gasteiger partial charge in [-0.3, -0.25) is 0 Å². The van der Waals surface area contributed by atoms with Gasteiger partial charge in [0.05, 0.1) is 15.9 Å². The molecule has 1 aromatic carbocycles. The van der Waals surface area contributed by atoms with Gasteiger partial charge in [0, 0.05) is 17.5 Å². The number of fused-ring (bicyclic) bond motifs is 1. The fourth-order valence-corrected chi connectivity index (χ4v) is 3.85. The van der Waals surface area contributed by atoms with Gasteiger partial charge in [-0.25, -0.2) is 4.98 Å². The number of aromatic nitrogens is 2. The summed E-state index contributed by atoms with van der Waals surface area (Å²) in [6.45, 7) is 4.92. The van der Waals surface area contributed by atoms with Crippen LogP contribution in [0.1, 0.15) is 34.9 Å². The lowest BCUT2D eigenvalue weighted by atomic mass is 10.2. The summed E-state index contributed by atoms with van der Waals surface area (Å²) in [5, 5.41) is 0. The lowest BCUT2D eigenvalue weighted by Crippen LogP contribution is -1.97. The zero-order valence-corrected chi connectivity index (χ0v) is 13.2. The first-order chi connectivity index (χ1) is 10.2. The zero-order valence-electron chi connectivity index (χ0n) is 12.4. The molecule has 3 aromatic rings. The molecule has 1 aliphatic carbocycles. The van der Waals surface area contributed by atoms with Crippen molar-refractivity contribution in [2.45, 2.75) is 39.3 Å². The SMILES string of the molecule is Cc1cc(-c2nc3cc(CN)ccc3n2C2CC2)sc1C. The summed E-state index contributed by atoms with van der Waals surface area (Å²) in [6, 6.07) is 9.32. The monoisotopic (exact) mass is 297 g/mol. The number of nitrogens with zero attached hydrogens (tertiary/aromatic N) is 2. The van der Waals surface area contributed by atoms with E-state index in [0.29, 0.717) is 12.6 Å². The molecule has 0 atom stereocenters. The summed E-state index contributed by atoms with van der Waals surface area (Å²) in [6.07, 6.45) is 2.53. The second-order valence-corrected chi connectivity index (χ2v) is 7.17. The van der Waals surface area contributed by atoms with Gasteiger partial charge in [-0.15, -0.1) is 11.3 Å². The molecule has 0 saturated heterocycles. The number of benzene rings is 1. The summed E-state index contributed by atoms with van der Waals surface area (Å²) < 4.78 is 2.43. The maximum Gasteiger partial charge on any atom is 0.151 e. The minimum absolute atomic E-state index is 0.568. The van der Waals surface area contributed by atoms with Crippen molar-refractivity contribution < 1.29 is 0 Å². The Bertz CT molecular complexity index is 805. The van der Waals surface area contributed by atoms with Gasteiger partial charge >= 0.3 is 0 Å². The molecule has 2 heterocycles. The standard InChI is InChI=1S/C17H19N3S/c1-10-7-16(21-11(10)2)17-19-14-8-12(9-18)3-6-15(14)20(17)13-4-5-13/h3,6-8,13H,4-5,9,18H2,1-2H3. The van der Waals surface area contributed by atoms with Crippen molar-refractivity contribution in [3.05, 3.63) is 40.3 Å². The van der Waals surface area contributed by atoms with Crippen molar-refractivity contribution in [1.29, 1.82) is 0 Å². The molecule has 2 aromatic heterocycles. The molecule has 21 heavy (non-hydrogen) atoms. The van der Waals surface area contributed by atoms with E-state index in [9.17, 15) is 0 Å². The van der Waals surface area contributed by atoms with Gasteiger partial charge in [0.15, 0.2) is 5.82 Å². The molecule has 0 amide bonds. The average molecular weight is 297 g/mol.